The molecule has 2 bridgehead atoms. The van der Waals surface area contributed by atoms with Gasteiger partial charge in [-0.1, -0.05) is 25.3 Å². The summed E-state index contributed by atoms with van der Waals surface area (Å²) in [6.45, 7) is 1.97. The number of piperidine rings is 1. The van der Waals surface area contributed by atoms with Crippen molar-refractivity contribution in [3.05, 3.63) is 52.8 Å². The Bertz CT molecular complexity index is 1320. The number of likely N-dealkylation sites (tertiary alicyclic amines) is 1. The topological polar surface area (TPSA) is 94.9 Å². The third-order valence-corrected chi connectivity index (χ3v) is 11.2. The van der Waals surface area contributed by atoms with Crippen molar-refractivity contribution in [3.63, 3.8) is 0 Å². The number of carbonyl (C=O) groups excluding carboxylic acids is 1. The smallest absolute Gasteiger partial charge is 0.252 e. The van der Waals surface area contributed by atoms with Crippen molar-refractivity contribution in [2.24, 2.45) is 5.92 Å². The zero-order chi connectivity index (χ0) is 26.4. The predicted molar refractivity (Wildman–Crippen MR) is 146 cm³/mol. The molecule has 1 saturated heterocycles. The first-order valence-electron chi connectivity index (χ1n) is 15.2. The number of ether oxygens (including phenoxy) is 1. The molecular formula is C32H39N3O4. The standard InChI is InChI=1S/C32H39N3O4/c36-25-9-8-21-16-26-32(38)12-10-24(34-30(37)22-11-14-33-17-23(22)20-4-2-1-3-5-20)29-31(32,27(21)28(25)39-29)13-15-35(26)18-19-6-7-19/h8-9,11,14,17,19-20,24,26,29,36,38H,1-7,10,12-13,15-16,18H2,(H,34,37)/t24-,26-,29+,31+,32-/m1/s1. The fourth-order valence-corrected chi connectivity index (χ4v) is 9.23. The van der Waals surface area contributed by atoms with Crippen LogP contribution in [0.1, 0.15) is 97.2 Å². The Morgan fingerprint density at radius 2 is 1.95 bits per heavy atom. The molecule has 4 fully saturated rings. The number of hydrogen-bond acceptors (Lipinski definition) is 6. The number of nitrogens with one attached hydrogen (secondary N) is 1. The highest BCUT2D eigenvalue weighted by atomic mass is 16.5. The van der Waals surface area contributed by atoms with Gasteiger partial charge in [0.2, 0.25) is 0 Å². The van der Waals surface area contributed by atoms with E-state index in [1.165, 1.54) is 37.7 Å². The van der Waals surface area contributed by atoms with Gasteiger partial charge < -0.3 is 20.3 Å². The van der Waals surface area contributed by atoms with Crippen LogP contribution in [-0.4, -0.2) is 62.9 Å². The minimum absolute atomic E-state index is 0.0377. The number of pyridine rings is 1. The molecule has 0 unspecified atom stereocenters. The summed E-state index contributed by atoms with van der Waals surface area (Å²) in [7, 11) is 0. The lowest BCUT2D eigenvalue weighted by atomic mass is 9.48. The summed E-state index contributed by atoms with van der Waals surface area (Å²) in [5.41, 5.74) is 2.39. The number of rotatable bonds is 5. The van der Waals surface area contributed by atoms with Crippen molar-refractivity contribution >= 4 is 5.91 Å². The molecule has 1 amide bonds. The Kier molecular flexibility index (Phi) is 5.38. The molecule has 206 valence electrons. The molecule has 1 spiro atoms. The van der Waals surface area contributed by atoms with Gasteiger partial charge in [0, 0.05) is 36.1 Å². The average Bonchev–Trinajstić information content (AvgIpc) is 3.70. The summed E-state index contributed by atoms with van der Waals surface area (Å²) in [6.07, 6.45) is 14.5. The van der Waals surface area contributed by atoms with Crippen LogP contribution in [0.3, 0.4) is 0 Å². The Morgan fingerprint density at radius 3 is 2.77 bits per heavy atom. The number of carbonyl (C=O) groups is 1. The van der Waals surface area contributed by atoms with Gasteiger partial charge in [-0.2, -0.15) is 0 Å². The number of benzene rings is 1. The monoisotopic (exact) mass is 529 g/mol. The van der Waals surface area contributed by atoms with Crippen molar-refractivity contribution in [1.82, 2.24) is 15.2 Å². The van der Waals surface area contributed by atoms with Crippen LogP contribution in [0.5, 0.6) is 11.5 Å². The van der Waals surface area contributed by atoms with Crippen LogP contribution in [0, 0.1) is 5.92 Å². The maximum Gasteiger partial charge on any atom is 0.252 e. The van der Waals surface area contributed by atoms with Gasteiger partial charge in [-0.15, -0.1) is 0 Å². The first kappa shape index (κ1) is 24.2. The number of aromatic hydroxyl groups is 1. The minimum atomic E-state index is -0.942. The highest BCUT2D eigenvalue weighted by Crippen LogP contribution is 2.65. The van der Waals surface area contributed by atoms with Crippen molar-refractivity contribution in [2.75, 3.05) is 13.1 Å². The van der Waals surface area contributed by atoms with E-state index in [1.54, 1.807) is 12.3 Å². The van der Waals surface area contributed by atoms with E-state index in [0.717, 1.165) is 61.4 Å². The lowest BCUT2D eigenvalue weighted by Crippen LogP contribution is -2.78. The number of aliphatic hydroxyl groups is 1. The van der Waals surface area contributed by atoms with Crippen LogP contribution in [0.25, 0.3) is 0 Å². The molecule has 2 aromatic rings. The third-order valence-electron chi connectivity index (χ3n) is 11.2. The zero-order valence-corrected chi connectivity index (χ0v) is 22.6. The third kappa shape index (κ3) is 3.41. The molecule has 7 heteroatoms. The Balaban J connectivity index is 1.15. The zero-order valence-electron chi connectivity index (χ0n) is 22.6. The van der Waals surface area contributed by atoms with Gasteiger partial charge in [-0.05, 0) is 93.0 Å². The molecule has 4 aliphatic carbocycles. The Morgan fingerprint density at radius 1 is 1.10 bits per heavy atom. The fraction of sp³-hybridized carbons (Fsp3) is 0.625. The van der Waals surface area contributed by atoms with Crippen LogP contribution in [-0.2, 0) is 11.8 Å². The van der Waals surface area contributed by atoms with E-state index < -0.39 is 17.1 Å². The molecule has 7 nitrogen and oxygen atoms in total. The second-order valence-corrected chi connectivity index (χ2v) is 13.2. The van der Waals surface area contributed by atoms with E-state index in [2.05, 4.69) is 15.2 Å². The van der Waals surface area contributed by atoms with Gasteiger partial charge in [0.25, 0.3) is 5.91 Å². The van der Waals surface area contributed by atoms with Crippen LogP contribution < -0.4 is 10.1 Å². The number of phenolic OH excluding ortho intramolecular Hbond substituents is 1. The van der Waals surface area contributed by atoms with Gasteiger partial charge in [0.05, 0.1) is 17.1 Å². The van der Waals surface area contributed by atoms with Crippen molar-refractivity contribution in [2.45, 2.75) is 106 Å². The summed E-state index contributed by atoms with van der Waals surface area (Å²) in [5, 5.41) is 26.9. The molecule has 8 rings (SSSR count). The molecular weight excluding hydrogens is 490 g/mol. The second kappa shape index (κ2) is 8.68. The molecule has 1 aromatic carbocycles. The summed E-state index contributed by atoms with van der Waals surface area (Å²) >= 11 is 0. The van der Waals surface area contributed by atoms with Crippen LogP contribution in [0.15, 0.2) is 30.6 Å². The molecule has 39 heavy (non-hydrogen) atoms. The van der Waals surface area contributed by atoms with E-state index in [9.17, 15) is 15.0 Å². The number of aromatic nitrogens is 1. The van der Waals surface area contributed by atoms with Crippen molar-refractivity contribution < 1.29 is 19.7 Å². The first-order chi connectivity index (χ1) is 19.0. The highest BCUT2D eigenvalue weighted by Gasteiger charge is 2.73. The molecule has 0 radical (unpaired) electrons. The SMILES string of the molecule is O=C(N[C@@H]1CC[C@@]2(O)[C@H]3Cc4ccc(O)c5c4[C@@]2(CCN3CC2CC2)[C@H]1O5)c1ccncc1C1CCCCC1. The van der Waals surface area contributed by atoms with Gasteiger partial charge >= 0.3 is 0 Å². The fourth-order valence-electron chi connectivity index (χ4n) is 9.23. The largest absolute Gasteiger partial charge is 0.504 e. The van der Waals surface area contributed by atoms with E-state index in [4.69, 9.17) is 4.74 Å². The number of amides is 1. The Labute approximate surface area is 230 Å². The number of phenols is 1. The summed E-state index contributed by atoms with van der Waals surface area (Å²) < 4.78 is 6.64. The van der Waals surface area contributed by atoms with E-state index in [-0.39, 0.29) is 23.7 Å². The summed E-state index contributed by atoms with van der Waals surface area (Å²) in [4.78, 5) is 20.8. The second-order valence-electron chi connectivity index (χ2n) is 13.2. The minimum Gasteiger partial charge on any atom is -0.504 e. The first-order valence-corrected chi connectivity index (χ1v) is 15.2. The van der Waals surface area contributed by atoms with Crippen molar-refractivity contribution in [3.8, 4) is 11.5 Å². The maximum absolute atomic E-state index is 13.9. The lowest BCUT2D eigenvalue weighted by Gasteiger charge is -2.64. The van der Waals surface area contributed by atoms with Gasteiger partial charge in [-0.3, -0.25) is 14.7 Å². The predicted octanol–water partition coefficient (Wildman–Crippen LogP) is 4.20. The molecule has 5 atom stereocenters. The van der Waals surface area contributed by atoms with Crippen LogP contribution in [0.4, 0.5) is 0 Å². The molecule has 3 N–H and O–H groups in total. The summed E-state index contributed by atoms with van der Waals surface area (Å²) in [5.74, 6) is 1.72. The average molecular weight is 530 g/mol. The van der Waals surface area contributed by atoms with Gasteiger partial charge in [-0.25, -0.2) is 0 Å². The highest BCUT2D eigenvalue weighted by molar-refractivity contribution is 5.96. The molecule has 2 aliphatic heterocycles. The molecule has 1 aromatic heterocycles. The van der Waals surface area contributed by atoms with Crippen LogP contribution >= 0.6 is 0 Å². The van der Waals surface area contributed by atoms with Crippen LogP contribution in [0.2, 0.25) is 0 Å². The number of hydrogen-bond donors (Lipinski definition) is 3. The quantitative estimate of drug-likeness (QED) is 0.538. The van der Waals surface area contributed by atoms with Gasteiger partial charge in [0.1, 0.15) is 6.10 Å². The van der Waals surface area contributed by atoms with E-state index in [1.807, 2.05) is 18.3 Å². The molecule has 6 aliphatic rings. The summed E-state index contributed by atoms with van der Waals surface area (Å²) in [6, 6.07) is 5.42. The van der Waals surface area contributed by atoms with Crippen molar-refractivity contribution in [1.29, 1.82) is 0 Å². The normalized spacial score (nSPS) is 35.3. The Hall–Kier alpha value is -2.64. The van der Waals surface area contributed by atoms with E-state index >= 15 is 0 Å². The molecule has 3 heterocycles. The maximum atomic E-state index is 13.9. The lowest BCUT2D eigenvalue weighted by molar-refractivity contribution is -0.191. The van der Waals surface area contributed by atoms with Gasteiger partial charge in [0.15, 0.2) is 11.5 Å². The number of nitrogens with zero attached hydrogens (tertiary/aromatic N) is 2. The van der Waals surface area contributed by atoms with E-state index in [0.29, 0.717) is 24.5 Å². The molecule has 3 saturated carbocycles.